The van der Waals surface area contributed by atoms with Gasteiger partial charge in [-0.15, -0.1) is 0 Å². The molecule has 1 nitrogen and oxygen atoms in total. The van der Waals surface area contributed by atoms with E-state index in [1.54, 1.807) is 0 Å². The molecule has 0 aliphatic rings. The van der Waals surface area contributed by atoms with E-state index in [0.717, 1.165) is 0 Å². The summed E-state index contributed by atoms with van der Waals surface area (Å²) in [5.41, 5.74) is 0. The Bertz CT molecular complexity index is 473. The van der Waals surface area contributed by atoms with Crippen molar-refractivity contribution in [2.45, 2.75) is 29.7 Å². The van der Waals surface area contributed by atoms with Gasteiger partial charge in [0.25, 0.3) is 0 Å². The molecule has 0 unspecified atom stereocenters. The molecule has 0 heterocycles. The first-order chi connectivity index (χ1) is 9.06. The molecule has 0 spiro atoms. The van der Waals surface area contributed by atoms with Crippen LogP contribution in [0.2, 0.25) is 0 Å². The first-order valence-corrected chi connectivity index (χ1v) is 10.6. The molecule has 2 aromatic carbocycles. The van der Waals surface area contributed by atoms with Crippen molar-refractivity contribution in [3.8, 4) is 0 Å². The topological polar surface area (TPSA) is 3.24 Å². The highest BCUT2D eigenvalue weighted by Gasteiger charge is 2.31. The average Bonchev–Trinajstić information content (AvgIpc) is 2.47. The molecule has 0 saturated carbocycles. The molecule has 0 atom stereocenters. The smallest absolute Gasteiger partial charge is 0.0160 e. The number of rotatable bonds is 4. The van der Waals surface area contributed by atoms with Crippen LogP contribution in [0.4, 0.5) is 0 Å². The van der Waals surface area contributed by atoms with Crippen LogP contribution >= 0.6 is 28.6 Å². The number of hydrogen-bond acceptors (Lipinski definition) is 1. The maximum atomic E-state index is 2.66. The average molecular weight is 385 g/mol. The van der Waals surface area contributed by atoms with Crippen molar-refractivity contribution in [2.75, 3.05) is 7.05 Å². The standard InChI is InChI=1S/C16H20INS/c1-14(2)18(3)19(17,15-10-6-4-7-11-15)16-12-8-5-9-13-16/h4-14H,1-3H3. The third-order valence-electron chi connectivity index (χ3n) is 3.24. The van der Waals surface area contributed by atoms with Gasteiger partial charge in [-0.1, -0.05) is 43.8 Å². The maximum Gasteiger partial charge on any atom is 0.0160 e. The van der Waals surface area contributed by atoms with E-state index in [2.05, 4.69) is 107 Å². The van der Waals surface area contributed by atoms with Crippen LogP contribution in [0.1, 0.15) is 13.8 Å². The molecule has 3 heteroatoms. The van der Waals surface area contributed by atoms with E-state index in [9.17, 15) is 0 Å². The minimum atomic E-state index is -1.17. The van der Waals surface area contributed by atoms with Crippen molar-refractivity contribution in [3.63, 3.8) is 0 Å². The van der Waals surface area contributed by atoms with Gasteiger partial charge in [-0.25, -0.2) is 0 Å². The van der Waals surface area contributed by atoms with Gasteiger partial charge in [0, 0.05) is 15.8 Å². The first-order valence-electron chi connectivity index (χ1n) is 6.43. The second-order valence-electron chi connectivity index (χ2n) is 4.77. The van der Waals surface area contributed by atoms with Gasteiger partial charge in [0.15, 0.2) is 0 Å². The Kier molecular flexibility index (Phi) is 4.92. The molecule has 0 aliphatic carbocycles. The summed E-state index contributed by atoms with van der Waals surface area (Å²) < 4.78 is 2.50. The van der Waals surface area contributed by atoms with Gasteiger partial charge in [-0.3, -0.25) is 4.31 Å². The highest BCUT2D eigenvalue weighted by Crippen LogP contribution is 2.71. The minimum Gasteiger partial charge on any atom is -0.253 e. The Hall–Kier alpha value is -0.520. The second-order valence-corrected chi connectivity index (χ2v) is 11.1. The molecule has 0 fully saturated rings. The van der Waals surface area contributed by atoms with E-state index in [1.807, 2.05) is 0 Å². The predicted molar refractivity (Wildman–Crippen MR) is 93.9 cm³/mol. The monoisotopic (exact) mass is 385 g/mol. The van der Waals surface area contributed by atoms with Gasteiger partial charge in [0.2, 0.25) is 0 Å². The quantitative estimate of drug-likeness (QED) is 0.627. The lowest BCUT2D eigenvalue weighted by atomic mass is 10.4. The van der Waals surface area contributed by atoms with E-state index < -0.39 is 7.39 Å². The summed E-state index contributed by atoms with van der Waals surface area (Å²) in [4.78, 5) is 2.80. The molecule has 0 bridgehead atoms. The molecule has 19 heavy (non-hydrogen) atoms. The highest BCUT2D eigenvalue weighted by molar-refractivity contribution is 14.2. The molecule has 102 valence electrons. The fraction of sp³-hybridized carbons (Fsp3) is 0.250. The minimum absolute atomic E-state index is 0.507. The van der Waals surface area contributed by atoms with Crippen molar-refractivity contribution >= 4 is 28.6 Å². The van der Waals surface area contributed by atoms with Gasteiger partial charge in [0.05, 0.1) is 0 Å². The van der Waals surface area contributed by atoms with Crippen LogP contribution < -0.4 is 0 Å². The molecule has 0 amide bonds. The van der Waals surface area contributed by atoms with Crippen LogP contribution in [0.3, 0.4) is 0 Å². The third kappa shape index (κ3) is 2.98. The predicted octanol–water partition coefficient (Wildman–Crippen LogP) is 5.51. The van der Waals surface area contributed by atoms with Crippen molar-refractivity contribution in [1.82, 2.24) is 4.31 Å². The number of hydrogen-bond donors (Lipinski definition) is 0. The van der Waals surface area contributed by atoms with Gasteiger partial charge >= 0.3 is 0 Å². The maximum absolute atomic E-state index is 2.66. The van der Waals surface area contributed by atoms with Gasteiger partial charge in [-0.05, 0) is 66.4 Å². The fourth-order valence-electron chi connectivity index (χ4n) is 1.96. The van der Waals surface area contributed by atoms with Crippen LogP contribution in [0, 0.1) is 0 Å². The van der Waals surface area contributed by atoms with Crippen LogP contribution in [-0.4, -0.2) is 17.4 Å². The number of benzene rings is 2. The zero-order chi connectivity index (χ0) is 13.9. The normalized spacial score (nSPS) is 12.9. The van der Waals surface area contributed by atoms with Crippen molar-refractivity contribution < 1.29 is 0 Å². The van der Waals surface area contributed by atoms with E-state index in [4.69, 9.17) is 0 Å². The summed E-state index contributed by atoms with van der Waals surface area (Å²) in [5.74, 6) is 0. The lowest BCUT2D eigenvalue weighted by molar-refractivity contribution is 0.461. The first kappa shape index (κ1) is 14.9. The Labute approximate surface area is 130 Å². The van der Waals surface area contributed by atoms with E-state index in [1.165, 1.54) is 9.79 Å². The SMILES string of the molecule is CC(C)N(C)S(I)(c1ccccc1)c1ccccc1. The van der Waals surface area contributed by atoms with Crippen LogP contribution in [0.15, 0.2) is 70.5 Å². The van der Waals surface area contributed by atoms with Gasteiger partial charge < -0.3 is 0 Å². The molecule has 0 N–H and O–H groups in total. The number of halogens is 1. The lowest BCUT2D eigenvalue weighted by Crippen LogP contribution is -2.27. The third-order valence-corrected chi connectivity index (χ3v) is 11.2. The largest absolute Gasteiger partial charge is 0.253 e. The van der Waals surface area contributed by atoms with Crippen molar-refractivity contribution in [1.29, 1.82) is 0 Å². The lowest BCUT2D eigenvalue weighted by Gasteiger charge is -2.45. The molecule has 2 aromatic rings. The molecule has 0 aliphatic heterocycles. The van der Waals surface area contributed by atoms with Crippen molar-refractivity contribution in [2.24, 2.45) is 0 Å². The summed E-state index contributed by atoms with van der Waals surface area (Å²) in [5, 5.41) is 0. The zero-order valence-corrected chi connectivity index (χ0v) is 14.6. The van der Waals surface area contributed by atoms with Crippen LogP contribution in [0.5, 0.6) is 0 Å². The molecule has 0 aromatic heterocycles. The summed E-state index contributed by atoms with van der Waals surface area (Å²) in [6.45, 7) is 4.51. The van der Waals surface area contributed by atoms with Gasteiger partial charge in [-0.2, -0.15) is 0 Å². The molecule has 0 saturated heterocycles. The Balaban J connectivity index is 2.57. The summed E-state index contributed by atoms with van der Waals surface area (Å²) >= 11 is 2.66. The Morgan fingerprint density at radius 3 is 1.53 bits per heavy atom. The highest BCUT2D eigenvalue weighted by atomic mass is 127. The van der Waals surface area contributed by atoms with E-state index in [0.29, 0.717) is 6.04 Å². The Morgan fingerprint density at radius 1 is 0.842 bits per heavy atom. The second kappa shape index (κ2) is 6.29. The molecular weight excluding hydrogens is 365 g/mol. The number of nitrogens with zero attached hydrogens (tertiary/aromatic N) is 1. The molecule has 0 radical (unpaired) electrons. The van der Waals surface area contributed by atoms with Gasteiger partial charge in [0.1, 0.15) is 0 Å². The van der Waals surface area contributed by atoms with Crippen LogP contribution in [-0.2, 0) is 0 Å². The fourth-order valence-corrected chi connectivity index (χ4v) is 7.64. The zero-order valence-electron chi connectivity index (χ0n) is 11.6. The van der Waals surface area contributed by atoms with Crippen molar-refractivity contribution in [3.05, 3.63) is 60.7 Å². The van der Waals surface area contributed by atoms with E-state index >= 15 is 0 Å². The molecule has 2 rings (SSSR count). The summed E-state index contributed by atoms with van der Waals surface area (Å²) in [6, 6.07) is 22.2. The van der Waals surface area contributed by atoms with Crippen LogP contribution in [0.25, 0.3) is 0 Å². The van der Waals surface area contributed by atoms with E-state index in [-0.39, 0.29) is 0 Å². The Morgan fingerprint density at radius 2 is 1.21 bits per heavy atom. The summed E-state index contributed by atoms with van der Waals surface area (Å²) in [7, 11) is 1.06. The molecular formula is C16H20INS. The summed E-state index contributed by atoms with van der Waals surface area (Å²) in [6.07, 6.45) is 0.